The number of carboxylic acid groups (broad SMARTS) is 1. The third-order valence-corrected chi connectivity index (χ3v) is 3.42. The molecule has 0 aliphatic heterocycles. The number of nitro benzene ring substituents is 2. The minimum Gasteiger partial charge on any atom is -0.477 e. The molecule has 12 nitrogen and oxygen atoms in total. The molecule has 0 spiro atoms. The molecular formula is C16H12N4O8. The lowest BCUT2D eigenvalue weighted by molar-refractivity contribution is -0.385. The van der Waals surface area contributed by atoms with E-state index in [-0.39, 0.29) is 28.2 Å². The maximum atomic E-state index is 11.4. The van der Waals surface area contributed by atoms with Crippen LogP contribution in [0, 0.1) is 27.2 Å². The Morgan fingerprint density at radius 2 is 1.68 bits per heavy atom. The van der Waals surface area contributed by atoms with E-state index in [1.807, 2.05) is 0 Å². The second kappa shape index (κ2) is 7.90. The van der Waals surface area contributed by atoms with Gasteiger partial charge in [-0.1, -0.05) is 12.1 Å². The van der Waals surface area contributed by atoms with E-state index < -0.39 is 32.7 Å². The van der Waals surface area contributed by atoms with Crippen molar-refractivity contribution in [3.63, 3.8) is 0 Å². The number of aromatic nitrogens is 1. The highest BCUT2D eigenvalue weighted by atomic mass is 16.6. The van der Waals surface area contributed by atoms with Crippen LogP contribution in [-0.2, 0) is 0 Å². The summed E-state index contributed by atoms with van der Waals surface area (Å²) in [6, 6.07) is 7.99. The molecule has 2 aromatic carbocycles. The van der Waals surface area contributed by atoms with Gasteiger partial charge in [0.2, 0.25) is 0 Å². The molecule has 12 heteroatoms. The zero-order valence-corrected chi connectivity index (χ0v) is 14.2. The lowest BCUT2D eigenvalue weighted by Crippen LogP contribution is -2.06. The number of aromatic carboxylic acids is 1. The molecule has 28 heavy (non-hydrogen) atoms. The molecule has 0 amide bonds. The van der Waals surface area contributed by atoms with Crippen molar-refractivity contribution in [2.45, 2.75) is 6.92 Å². The van der Waals surface area contributed by atoms with E-state index >= 15 is 0 Å². The summed E-state index contributed by atoms with van der Waals surface area (Å²) in [5.41, 5.74) is 3.47. The first kappa shape index (κ1) is 20.0. The predicted molar refractivity (Wildman–Crippen MR) is 96.1 cm³/mol. The number of nitrogens with zero attached hydrogens (tertiary/aromatic N) is 3. The molecule has 3 rings (SSSR count). The van der Waals surface area contributed by atoms with Crippen LogP contribution in [0.25, 0.3) is 10.9 Å². The number of aryl methyl sites for hydroxylation is 1. The van der Waals surface area contributed by atoms with Gasteiger partial charge in [-0.2, -0.15) is 0 Å². The molecule has 1 aromatic heterocycles. The van der Waals surface area contributed by atoms with Crippen LogP contribution in [0.2, 0.25) is 0 Å². The third kappa shape index (κ3) is 4.07. The Morgan fingerprint density at radius 1 is 1.11 bits per heavy atom. The van der Waals surface area contributed by atoms with Crippen LogP contribution in [0.5, 0.6) is 0 Å². The van der Waals surface area contributed by atoms with Gasteiger partial charge in [0.1, 0.15) is 0 Å². The summed E-state index contributed by atoms with van der Waals surface area (Å²) in [6.07, 6.45) is 0. The summed E-state index contributed by atoms with van der Waals surface area (Å²) in [6.45, 7) is 1.51. The van der Waals surface area contributed by atoms with Gasteiger partial charge in [0.05, 0.1) is 21.1 Å². The first-order valence-corrected chi connectivity index (χ1v) is 7.44. The summed E-state index contributed by atoms with van der Waals surface area (Å²) in [5, 5.41) is 29.5. The Bertz CT molecular complexity index is 1160. The van der Waals surface area contributed by atoms with Crippen molar-refractivity contribution in [1.29, 1.82) is 0 Å². The lowest BCUT2D eigenvalue weighted by Gasteiger charge is -2.00. The van der Waals surface area contributed by atoms with Crippen LogP contribution >= 0.6 is 0 Å². The van der Waals surface area contributed by atoms with Crippen LogP contribution in [0.4, 0.5) is 17.1 Å². The second-order valence-electron chi connectivity index (χ2n) is 5.25. The summed E-state index contributed by atoms with van der Waals surface area (Å²) in [4.78, 5) is 45.5. The maximum absolute atomic E-state index is 11.4. The van der Waals surface area contributed by atoms with Gasteiger partial charge in [0, 0.05) is 19.1 Å². The fourth-order valence-electron chi connectivity index (χ4n) is 2.30. The van der Waals surface area contributed by atoms with Crippen molar-refractivity contribution in [3.05, 3.63) is 78.5 Å². The monoisotopic (exact) mass is 388 g/mol. The third-order valence-electron chi connectivity index (χ3n) is 3.42. The molecular weight excluding hydrogens is 376 g/mol. The average molecular weight is 388 g/mol. The number of hydrogen-bond acceptors (Lipinski definition) is 9. The number of nitro groups is 2. The first-order chi connectivity index (χ1) is 13.1. The summed E-state index contributed by atoms with van der Waals surface area (Å²) < 4.78 is 4.71. The topological polar surface area (TPSA) is 193 Å². The summed E-state index contributed by atoms with van der Waals surface area (Å²) in [5.74, 6) is -1.21. The van der Waals surface area contributed by atoms with Gasteiger partial charge in [0.15, 0.2) is 16.8 Å². The fourth-order valence-corrected chi connectivity index (χ4v) is 2.30. The van der Waals surface area contributed by atoms with Crippen molar-refractivity contribution >= 4 is 33.9 Å². The van der Waals surface area contributed by atoms with Crippen molar-refractivity contribution in [2.24, 2.45) is 0 Å². The van der Waals surface area contributed by atoms with Crippen LogP contribution in [0.3, 0.4) is 0 Å². The number of anilines is 1. The van der Waals surface area contributed by atoms with Gasteiger partial charge in [0.25, 0.3) is 11.4 Å². The molecule has 0 radical (unpaired) electrons. The standard InChI is InChI=1S/C9H6N2O4.C7H6N2O4/c1-5-10-6-3-2-4-7(11(13)14)8(6)9(12)15-5;8-4-2-1-3-5(9(12)13)6(4)7(10)11/h2-4H,1H3;1-3H,8H2,(H,10,11). The highest BCUT2D eigenvalue weighted by Gasteiger charge is 2.21. The Kier molecular flexibility index (Phi) is 5.64. The minimum atomic E-state index is -1.40. The Balaban J connectivity index is 0.000000203. The van der Waals surface area contributed by atoms with Crippen LogP contribution in [-0.4, -0.2) is 25.9 Å². The predicted octanol–water partition coefficient (Wildman–Crippen LogP) is 2.28. The quantitative estimate of drug-likeness (QED) is 0.382. The zero-order chi connectivity index (χ0) is 21.0. The Morgan fingerprint density at radius 3 is 2.21 bits per heavy atom. The van der Waals surface area contributed by atoms with E-state index in [9.17, 15) is 29.8 Å². The van der Waals surface area contributed by atoms with Gasteiger partial charge in [-0.3, -0.25) is 20.2 Å². The van der Waals surface area contributed by atoms with Gasteiger partial charge in [-0.25, -0.2) is 14.6 Å². The summed E-state index contributed by atoms with van der Waals surface area (Å²) >= 11 is 0. The number of fused-ring (bicyclic) bond motifs is 1. The van der Waals surface area contributed by atoms with E-state index in [0.717, 1.165) is 6.07 Å². The van der Waals surface area contributed by atoms with Gasteiger partial charge in [-0.05, 0) is 12.1 Å². The molecule has 0 aliphatic carbocycles. The number of rotatable bonds is 3. The minimum absolute atomic E-state index is 0.0897. The van der Waals surface area contributed by atoms with Gasteiger partial charge >= 0.3 is 11.6 Å². The van der Waals surface area contributed by atoms with Crippen LogP contribution in [0.15, 0.2) is 45.6 Å². The number of nitrogen functional groups attached to an aromatic ring is 1. The number of benzene rings is 2. The first-order valence-electron chi connectivity index (χ1n) is 7.44. The van der Waals surface area contributed by atoms with Gasteiger partial charge < -0.3 is 15.3 Å². The largest absolute Gasteiger partial charge is 0.477 e. The average Bonchev–Trinajstić information content (AvgIpc) is 2.60. The van der Waals surface area contributed by atoms with E-state index in [0.29, 0.717) is 0 Å². The Hall–Kier alpha value is -4.35. The Labute approximate surface area is 155 Å². The van der Waals surface area contributed by atoms with E-state index in [4.69, 9.17) is 15.3 Å². The highest BCUT2D eigenvalue weighted by Crippen LogP contribution is 2.23. The molecule has 3 aromatic rings. The molecule has 0 bridgehead atoms. The lowest BCUT2D eigenvalue weighted by atomic mass is 10.1. The molecule has 0 unspecified atom stereocenters. The van der Waals surface area contributed by atoms with E-state index in [2.05, 4.69) is 4.98 Å². The molecule has 1 heterocycles. The van der Waals surface area contributed by atoms with E-state index in [1.54, 1.807) is 0 Å². The molecule has 0 fully saturated rings. The highest BCUT2D eigenvalue weighted by molar-refractivity contribution is 5.98. The molecule has 0 saturated carbocycles. The normalized spacial score (nSPS) is 10.0. The zero-order valence-electron chi connectivity index (χ0n) is 14.2. The smallest absolute Gasteiger partial charge is 0.353 e. The van der Waals surface area contributed by atoms with Crippen molar-refractivity contribution < 1.29 is 24.2 Å². The number of hydrogen-bond donors (Lipinski definition) is 2. The maximum Gasteiger partial charge on any atom is 0.353 e. The number of carboxylic acids is 1. The van der Waals surface area contributed by atoms with Crippen molar-refractivity contribution in [1.82, 2.24) is 4.98 Å². The SMILES string of the molecule is Cc1nc2cccc([N+](=O)[O-])c2c(=O)o1.Nc1cccc([N+](=O)[O-])c1C(=O)O. The molecule has 0 aliphatic rings. The van der Waals surface area contributed by atoms with Gasteiger partial charge in [-0.15, -0.1) is 0 Å². The molecule has 144 valence electrons. The number of non-ortho nitro benzene ring substituents is 1. The molecule has 0 atom stereocenters. The second-order valence-corrected chi connectivity index (χ2v) is 5.25. The van der Waals surface area contributed by atoms with Crippen molar-refractivity contribution in [3.8, 4) is 0 Å². The molecule has 0 saturated heterocycles. The number of nitrogens with two attached hydrogens (primary N) is 1. The fraction of sp³-hybridized carbons (Fsp3) is 0.0625. The molecule has 3 N–H and O–H groups in total. The van der Waals surface area contributed by atoms with E-state index in [1.165, 1.54) is 37.3 Å². The van der Waals surface area contributed by atoms with Crippen molar-refractivity contribution in [2.75, 3.05) is 5.73 Å². The van der Waals surface area contributed by atoms with Crippen LogP contribution in [0.1, 0.15) is 16.2 Å². The summed E-state index contributed by atoms with van der Waals surface area (Å²) in [7, 11) is 0. The number of carbonyl (C=O) groups is 1. The van der Waals surface area contributed by atoms with Crippen LogP contribution < -0.4 is 11.4 Å².